The first-order valence-electron chi connectivity index (χ1n) is 4.41. The second-order valence-electron chi connectivity index (χ2n) is 3.18. The van der Waals surface area contributed by atoms with Crippen LogP contribution in [-0.2, 0) is 0 Å². The third-order valence-electron chi connectivity index (χ3n) is 2.11. The number of nitrogens with two attached hydrogens (primary N) is 1. The summed E-state index contributed by atoms with van der Waals surface area (Å²) in [5.74, 6) is -0.442. The Morgan fingerprint density at radius 2 is 1.87 bits per heavy atom. The second-order valence-corrected chi connectivity index (χ2v) is 3.18. The molecule has 15 heavy (non-hydrogen) atoms. The summed E-state index contributed by atoms with van der Waals surface area (Å²) >= 11 is 0. The Kier molecular flexibility index (Phi) is 2.25. The van der Waals surface area contributed by atoms with Crippen LogP contribution in [-0.4, -0.2) is 4.98 Å². The van der Waals surface area contributed by atoms with Crippen LogP contribution in [0.15, 0.2) is 41.3 Å². The number of pyridine rings is 1. The third kappa shape index (κ3) is 1.88. The van der Waals surface area contributed by atoms with E-state index in [9.17, 15) is 9.18 Å². The summed E-state index contributed by atoms with van der Waals surface area (Å²) in [6.45, 7) is 0. The highest BCUT2D eigenvalue weighted by atomic mass is 19.1. The van der Waals surface area contributed by atoms with E-state index >= 15 is 0 Å². The highest BCUT2D eigenvalue weighted by Gasteiger charge is 2.01. The van der Waals surface area contributed by atoms with E-state index in [1.165, 1.54) is 18.2 Å². The number of anilines is 1. The third-order valence-corrected chi connectivity index (χ3v) is 2.11. The van der Waals surface area contributed by atoms with Gasteiger partial charge in [0.1, 0.15) is 5.82 Å². The van der Waals surface area contributed by atoms with E-state index in [4.69, 9.17) is 5.73 Å². The van der Waals surface area contributed by atoms with E-state index < -0.39 is 5.82 Å². The average Bonchev–Trinajstić information content (AvgIpc) is 2.23. The molecule has 0 radical (unpaired) electrons. The molecule has 76 valence electrons. The van der Waals surface area contributed by atoms with Gasteiger partial charge in [-0.25, -0.2) is 4.39 Å². The maximum atomic E-state index is 12.9. The van der Waals surface area contributed by atoms with Crippen LogP contribution in [0.3, 0.4) is 0 Å². The lowest BCUT2D eigenvalue weighted by Crippen LogP contribution is -2.01. The predicted octanol–water partition coefficient (Wildman–Crippen LogP) is 1.76. The first-order chi connectivity index (χ1) is 7.16. The Bertz CT molecular complexity index is 528. The number of H-pyrrole nitrogens is 1. The summed E-state index contributed by atoms with van der Waals surface area (Å²) in [4.78, 5) is 13.4. The molecule has 0 atom stereocenters. The molecule has 0 saturated heterocycles. The van der Waals surface area contributed by atoms with E-state index in [1.807, 2.05) is 0 Å². The molecule has 0 aliphatic heterocycles. The number of nitrogen functional groups attached to an aromatic ring is 1. The Hall–Kier alpha value is -2.10. The molecule has 0 saturated carbocycles. The summed E-state index contributed by atoms with van der Waals surface area (Å²) in [6.07, 6.45) is 1.56. The summed E-state index contributed by atoms with van der Waals surface area (Å²) in [6, 6.07) is 7.51. The lowest BCUT2D eigenvalue weighted by Gasteiger charge is -2.02. The van der Waals surface area contributed by atoms with Crippen molar-refractivity contribution in [2.24, 2.45) is 0 Å². The van der Waals surface area contributed by atoms with Gasteiger partial charge in [0, 0.05) is 12.3 Å². The number of benzene rings is 1. The highest BCUT2D eigenvalue weighted by Crippen LogP contribution is 2.21. The second kappa shape index (κ2) is 3.57. The SMILES string of the molecule is Nc1cc(-c2ccc(=O)[nH]c2)ccc1F. The predicted molar refractivity (Wildman–Crippen MR) is 56.9 cm³/mol. The van der Waals surface area contributed by atoms with Crippen LogP contribution in [0.2, 0.25) is 0 Å². The van der Waals surface area contributed by atoms with Crippen LogP contribution in [0.1, 0.15) is 0 Å². The number of aromatic nitrogens is 1. The number of halogens is 1. The lowest BCUT2D eigenvalue weighted by atomic mass is 10.1. The summed E-state index contributed by atoms with van der Waals surface area (Å²) in [5, 5.41) is 0. The van der Waals surface area contributed by atoms with Gasteiger partial charge >= 0.3 is 0 Å². The first kappa shape index (κ1) is 9.45. The van der Waals surface area contributed by atoms with Crippen molar-refractivity contribution < 1.29 is 4.39 Å². The van der Waals surface area contributed by atoms with Crippen molar-refractivity contribution >= 4 is 5.69 Å². The number of aromatic amines is 1. The zero-order valence-electron chi connectivity index (χ0n) is 7.83. The molecule has 0 fully saturated rings. The molecule has 0 unspecified atom stereocenters. The quantitative estimate of drug-likeness (QED) is 0.695. The van der Waals surface area contributed by atoms with E-state index in [0.29, 0.717) is 0 Å². The molecule has 1 heterocycles. The Morgan fingerprint density at radius 1 is 1.13 bits per heavy atom. The maximum absolute atomic E-state index is 12.9. The molecule has 1 aromatic carbocycles. The minimum atomic E-state index is -0.442. The fourth-order valence-corrected chi connectivity index (χ4v) is 1.31. The van der Waals surface area contributed by atoms with Gasteiger partial charge in [0.05, 0.1) is 5.69 Å². The van der Waals surface area contributed by atoms with E-state index in [2.05, 4.69) is 4.98 Å². The zero-order chi connectivity index (χ0) is 10.8. The van der Waals surface area contributed by atoms with Crippen molar-refractivity contribution in [3.63, 3.8) is 0 Å². The molecule has 0 bridgehead atoms. The minimum absolute atomic E-state index is 0.0960. The van der Waals surface area contributed by atoms with Gasteiger partial charge < -0.3 is 10.7 Å². The smallest absolute Gasteiger partial charge is 0.247 e. The van der Waals surface area contributed by atoms with Crippen LogP contribution in [0.4, 0.5) is 10.1 Å². The van der Waals surface area contributed by atoms with E-state index in [0.717, 1.165) is 11.1 Å². The number of rotatable bonds is 1. The fourth-order valence-electron chi connectivity index (χ4n) is 1.31. The molecule has 1 aromatic heterocycles. The van der Waals surface area contributed by atoms with Gasteiger partial charge in [-0.3, -0.25) is 4.79 Å². The Labute approximate surface area is 85.4 Å². The van der Waals surface area contributed by atoms with Crippen LogP contribution in [0.5, 0.6) is 0 Å². The van der Waals surface area contributed by atoms with Crippen LogP contribution < -0.4 is 11.3 Å². The Balaban J connectivity index is 2.50. The molecule has 2 aromatic rings. The minimum Gasteiger partial charge on any atom is -0.396 e. The van der Waals surface area contributed by atoms with Crippen molar-refractivity contribution in [1.82, 2.24) is 4.98 Å². The van der Waals surface area contributed by atoms with Crippen molar-refractivity contribution in [3.05, 3.63) is 52.7 Å². The van der Waals surface area contributed by atoms with Gasteiger partial charge in [-0.1, -0.05) is 6.07 Å². The number of hydrogen-bond acceptors (Lipinski definition) is 2. The molecule has 2 rings (SSSR count). The van der Waals surface area contributed by atoms with Crippen LogP contribution in [0.25, 0.3) is 11.1 Å². The molecule has 0 spiro atoms. The average molecular weight is 204 g/mol. The topological polar surface area (TPSA) is 58.9 Å². The van der Waals surface area contributed by atoms with Crippen molar-refractivity contribution in [2.45, 2.75) is 0 Å². The molecule has 0 aliphatic rings. The first-order valence-corrected chi connectivity index (χ1v) is 4.41. The number of hydrogen-bond donors (Lipinski definition) is 2. The van der Waals surface area contributed by atoms with E-state index in [1.54, 1.807) is 18.3 Å². The van der Waals surface area contributed by atoms with Gasteiger partial charge in [-0.05, 0) is 29.3 Å². The molecule has 4 heteroatoms. The van der Waals surface area contributed by atoms with Crippen LogP contribution >= 0.6 is 0 Å². The zero-order valence-corrected chi connectivity index (χ0v) is 7.83. The van der Waals surface area contributed by atoms with Crippen molar-refractivity contribution in [2.75, 3.05) is 5.73 Å². The van der Waals surface area contributed by atoms with E-state index in [-0.39, 0.29) is 11.2 Å². The summed E-state index contributed by atoms with van der Waals surface area (Å²) in [5.41, 5.74) is 6.93. The van der Waals surface area contributed by atoms with Crippen LogP contribution in [0, 0.1) is 5.82 Å². The maximum Gasteiger partial charge on any atom is 0.247 e. The normalized spacial score (nSPS) is 10.2. The Morgan fingerprint density at radius 3 is 2.47 bits per heavy atom. The summed E-state index contributed by atoms with van der Waals surface area (Å²) < 4.78 is 12.9. The molecular formula is C11H9FN2O. The largest absolute Gasteiger partial charge is 0.396 e. The van der Waals surface area contributed by atoms with Gasteiger partial charge in [0.15, 0.2) is 0 Å². The number of nitrogens with one attached hydrogen (secondary N) is 1. The van der Waals surface area contributed by atoms with Gasteiger partial charge in [-0.15, -0.1) is 0 Å². The molecule has 3 nitrogen and oxygen atoms in total. The molecule has 0 aliphatic carbocycles. The fraction of sp³-hybridized carbons (Fsp3) is 0. The lowest BCUT2D eigenvalue weighted by molar-refractivity contribution is 0.632. The van der Waals surface area contributed by atoms with Gasteiger partial charge in [0.25, 0.3) is 0 Å². The monoisotopic (exact) mass is 204 g/mol. The van der Waals surface area contributed by atoms with Gasteiger partial charge in [-0.2, -0.15) is 0 Å². The highest BCUT2D eigenvalue weighted by molar-refractivity contribution is 5.66. The molecule has 3 N–H and O–H groups in total. The van der Waals surface area contributed by atoms with Crippen molar-refractivity contribution in [1.29, 1.82) is 0 Å². The standard InChI is InChI=1S/C11H9FN2O/c12-9-3-1-7(5-10(9)13)8-2-4-11(15)14-6-8/h1-6H,13H2,(H,14,15). The molecule has 0 amide bonds. The summed E-state index contributed by atoms with van der Waals surface area (Å²) in [7, 11) is 0. The molecular weight excluding hydrogens is 195 g/mol. The van der Waals surface area contributed by atoms with Gasteiger partial charge in [0.2, 0.25) is 5.56 Å². The van der Waals surface area contributed by atoms with Crippen molar-refractivity contribution in [3.8, 4) is 11.1 Å².